The lowest BCUT2D eigenvalue weighted by atomic mass is 10.2. The highest BCUT2D eigenvalue weighted by Gasteiger charge is 2.18. The molecule has 0 saturated carbocycles. The first kappa shape index (κ1) is 17.5. The summed E-state index contributed by atoms with van der Waals surface area (Å²) in [5.74, 6) is -0.270. The van der Waals surface area contributed by atoms with Gasteiger partial charge in [-0.05, 0) is 39.7 Å². The van der Waals surface area contributed by atoms with Gasteiger partial charge in [0.15, 0.2) is 0 Å². The average molecular weight is 420 g/mol. The van der Waals surface area contributed by atoms with Crippen molar-refractivity contribution in [1.82, 2.24) is 9.13 Å². The van der Waals surface area contributed by atoms with Crippen molar-refractivity contribution < 1.29 is 4.79 Å². The van der Waals surface area contributed by atoms with Gasteiger partial charge in [0.1, 0.15) is 11.2 Å². The molecule has 27 heavy (non-hydrogen) atoms. The van der Waals surface area contributed by atoms with Gasteiger partial charge in [-0.3, -0.25) is 4.79 Å². The Bertz CT molecular complexity index is 1150. The molecule has 0 unspecified atom stereocenters. The first-order chi connectivity index (χ1) is 13.1. The van der Waals surface area contributed by atoms with Crippen LogP contribution in [0.2, 0.25) is 0 Å². The lowest BCUT2D eigenvalue weighted by Gasteiger charge is -2.07. The van der Waals surface area contributed by atoms with Crippen molar-refractivity contribution >= 4 is 32.7 Å². The number of nitrogens with zero attached hydrogens (tertiary/aromatic N) is 3. The molecule has 2 heterocycles. The molecule has 134 valence electrons. The molecule has 0 fully saturated rings. The van der Waals surface area contributed by atoms with E-state index in [-0.39, 0.29) is 5.91 Å². The van der Waals surface area contributed by atoms with Crippen molar-refractivity contribution in [1.29, 1.82) is 0 Å². The number of para-hydroxylation sites is 1. The number of carbonyl (C=O) groups excluding carboxylic acids is 1. The van der Waals surface area contributed by atoms with E-state index in [1.807, 2.05) is 83.0 Å². The summed E-state index contributed by atoms with van der Waals surface area (Å²) in [6, 6.07) is 23.7. The Morgan fingerprint density at radius 2 is 1.67 bits per heavy atom. The van der Waals surface area contributed by atoms with Gasteiger partial charge in [0, 0.05) is 30.7 Å². The van der Waals surface area contributed by atoms with Crippen LogP contribution in [-0.4, -0.2) is 15.0 Å². The molecular weight excluding hydrogens is 402 g/mol. The standard InChI is InChI=1S/C22H18BrN3O/c1-25-18-12-6-5-11-17(18)20(23)21(25)22(27)24-19-13-7-8-14-26(19)15-16-9-3-2-4-10-16/h2-14H,15H2,1H3. The minimum absolute atomic E-state index is 0.270. The van der Waals surface area contributed by atoms with Crippen LogP contribution >= 0.6 is 15.9 Å². The molecule has 2 aromatic heterocycles. The van der Waals surface area contributed by atoms with Crippen molar-refractivity contribution in [2.45, 2.75) is 6.54 Å². The third-order valence-corrected chi connectivity index (χ3v) is 5.38. The van der Waals surface area contributed by atoms with Crippen molar-refractivity contribution in [2.24, 2.45) is 12.0 Å². The Morgan fingerprint density at radius 1 is 0.963 bits per heavy atom. The second-order valence-electron chi connectivity index (χ2n) is 6.33. The zero-order valence-electron chi connectivity index (χ0n) is 14.8. The maximum Gasteiger partial charge on any atom is 0.296 e. The third-order valence-electron chi connectivity index (χ3n) is 4.58. The highest BCUT2D eigenvalue weighted by molar-refractivity contribution is 9.10. The summed E-state index contributed by atoms with van der Waals surface area (Å²) in [4.78, 5) is 17.4. The molecule has 0 spiro atoms. The molecule has 0 radical (unpaired) electrons. The van der Waals surface area contributed by atoms with Crippen molar-refractivity contribution in [3.8, 4) is 0 Å². The first-order valence-electron chi connectivity index (χ1n) is 8.66. The van der Waals surface area contributed by atoms with E-state index in [4.69, 9.17) is 0 Å². The summed E-state index contributed by atoms with van der Waals surface area (Å²) in [5, 5.41) is 1.00. The minimum Gasteiger partial charge on any atom is -0.339 e. The number of aromatic nitrogens is 2. The van der Waals surface area contributed by atoms with Crippen LogP contribution in [0.15, 0.2) is 88.5 Å². The maximum atomic E-state index is 13.0. The predicted molar refractivity (Wildman–Crippen MR) is 110 cm³/mol. The number of halogens is 1. The number of fused-ring (bicyclic) bond motifs is 1. The van der Waals surface area contributed by atoms with Gasteiger partial charge in [0.2, 0.25) is 0 Å². The lowest BCUT2D eigenvalue weighted by Crippen LogP contribution is -2.22. The van der Waals surface area contributed by atoms with E-state index in [1.54, 1.807) is 0 Å². The van der Waals surface area contributed by atoms with Gasteiger partial charge in [0.25, 0.3) is 5.91 Å². The number of hydrogen-bond acceptors (Lipinski definition) is 1. The Balaban J connectivity index is 1.78. The molecule has 4 nitrogen and oxygen atoms in total. The van der Waals surface area contributed by atoms with Crippen LogP contribution in [0.25, 0.3) is 10.9 Å². The molecule has 2 aromatic carbocycles. The molecule has 5 heteroatoms. The molecule has 4 aromatic rings. The topological polar surface area (TPSA) is 39.3 Å². The zero-order valence-corrected chi connectivity index (χ0v) is 16.4. The highest BCUT2D eigenvalue weighted by atomic mass is 79.9. The van der Waals surface area contributed by atoms with E-state index < -0.39 is 0 Å². The normalized spacial score (nSPS) is 11.9. The van der Waals surface area contributed by atoms with E-state index in [9.17, 15) is 4.79 Å². The Labute approximate surface area is 165 Å². The molecular formula is C22H18BrN3O. The summed E-state index contributed by atoms with van der Waals surface area (Å²) in [5.41, 5.74) is 3.33. The van der Waals surface area contributed by atoms with Gasteiger partial charge in [-0.1, -0.05) is 54.6 Å². The Morgan fingerprint density at radius 3 is 2.44 bits per heavy atom. The first-order valence-corrected chi connectivity index (χ1v) is 9.46. The molecule has 1 amide bonds. The number of carbonyl (C=O) groups is 1. The summed E-state index contributed by atoms with van der Waals surface area (Å²) in [7, 11) is 1.89. The van der Waals surface area contributed by atoms with E-state index in [0.29, 0.717) is 17.7 Å². The molecule has 0 aliphatic heterocycles. The second kappa shape index (κ2) is 7.37. The molecule has 0 aliphatic carbocycles. The van der Waals surface area contributed by atoms with E-state index in [1.165, 1.54) is 0 Å². The lowest BCUT2D eigenvalue weighted by molar-refractivity contribution is 0.0989. The number of amides is 1. The van der Waals surface area contributed by atoms with Crippen LogP contribution in [0.3, 0.4) is 0 Å². The fourth-order valence-electron chi connectivity index (χ4n) is 3.22. The molecule has 0 N–H and O–H groups in total. The van der Waals surface area contributed by atoms with Crippen molar-refractivity contribution in [3.05, 3.63) is 100 Å². The summed E-state index contributed by atoms with van der Waals surface area (Å²) < 4.78 is 4.64. The van der Waals surface area contributed by atoms with E-state index in [0.717, 1.165) is 20.9 Å². The van der Waals surface area contributed by atoms with Crippen LogP contribution in [0.4, 0.5) is 0 Å². The zero-order chi connectivity index (χ0) is 18.8. The van der Waals surface area contributed by atoms with Crippen LogP contribution in [0.5, 0.6) is 0 Å². The molecule has 0 aliphatic rings. The van der Waals surface area contributed by atoms with Crippen LogP contribution in [0, 0.1) is 0 Å². The molecule has 0 atom stereocenters. The van der Waals surface area contributed by atoms with Gasteiger partial charge >= 0.3 is 0 Å². The van der Waals surface area contributed by atoms with Crippen LogP contribution < -0.4 is 5.49 Å². The van der Waals surface area contributed by atoms with Gasteiger partial charge in [-0.2, -0.15) is 4.99 Å². The smallest absolute Gasteiger partial charge is 0.296 e. The van der Waals surface area contributed by atoms with E-state index in [2.05, 4.69) is 33.1 Å². The van der Waals surface area contributed by atoms with Gasteiger partial charge in [0.05, 0.1) is 4.47 Å². The monoisotopic (exact) mass is 419 g/mol. The fourth-order valence-corrected chi connectivity index (χ4v) is 3.99. The largest absolute Gasteiger partial charge is 0.339 e. The van der Waals surface area contributed by atoms with E-state index >= 15 is 0 Å². The number of hydrogen-bond donors (Lipinski definition) is 0. The minimum atomic E-state index is -0.270. The second-order valence-corrected chi connectivity index (χ2v) is 7.12. The molecule has 0 bridgehead atoms. The summed E-state index contributed by atoms with van der Waals surface area (Å²) >= 11 is 3.58. The maximum absolute atomic E-state index is 13.0. The number of benzene rings is 2. The van der Waals surface area contributed by atoms with Crippen molar-refractivity contribution in [3.63, 3.8) is 0 Å². The Kier molecular flexibility index (Phi) is 4.77. The van der Waals surface area contributed by atoms with Crippen molar-refractivity contribution in [2.75, 3.05) is 0 Å². The van der Waals surface area contributed by atoms with Gasteiger partial charge < -0.3 is 9.13 Å². The highest BCUT2D eigenvalue weighted by Crippen LogP contribution is 2.30. The average Bonchev–Trinajstić information content (AvgIpc) is 2.95. The van der Waals surface area contributed by atoms with Gasteiger partial charge in [-0.25, -0.2) is 0 Å². The van der Waals surface area contributed by atoms with Gasteiger partial charge in [-0.15, -0.1) is 0 Å². The van der Waals surface area contributed by atoms with Crippen LogP contribution in [0.1, 0.15) is 16.1 Å². The number of pyridine rings is 1. The number of rotatable bonds is 3. The summed E-state index contributed by atoms with van der Waals surface area (Å²) in [6.07, 6.45) is 1.94. The van der Waals surface area contributed by atoms with Crippen LogP contribution in [-0.2, 0) is 13.6 Å². The fraction of sp³-hybridized carbons (Fsp3) is 0.0909. The SMILES string of the molecule is Cn1c(C(=O)N=c2ccccn2Cc2ccccc2)c(Br)c2ccccc21. The third kappa shape index (κ3) is 3.38. The molecule has 0 saturated heterocycles. The number of aryl methyl sites for hydroxylation is 1. The Hall–Kier alpha value is -2.92. The quantitative estimate of drug-likeness (QED) is 0.480. The summed E-state index contributed by atoms with van der Waals surface area (Å²) in [6.45, 7) is 0.657. The predicted octanol–water partition coefficient (Wildman–Crippen LogP) is 4.53. The molecule has 4 rings (SSSR count).